The van der Waals surface area contributed by atoms with Crippen LogP contribution in [0.4, 0.5) is 5.69 Å². The molecule has 2 rings (SSSR count). The Morgan fingerprint density at radius 1 is 1.35 bits per heavy atom. The Labute approximate surface area is 121 Å². The summed E-state index contributed by atoms with van der Waals surface area (Å²) >= 11 is 0. The van der Waals surface area contributed by atoms with Crippen molar-refractivity contribution in [1.82, 2.24) is 0 Å². The highest BCUT2D eigenvalue weighted by Crippen LogP contribution is 2.26. The molecule has 1 aromatic rings. The Morgan fingerprint density at radius 2 is 2.15 bits per heavy atom. The van der Waals surface area contributed by atoms with E-state index in [1.165, 1.54) is 24.8 Å². The van der Waals surface area contributed by atoms with Crippen LogP contribution in [0.25, 0.3) is 0 Å². The van der Waals surface area contributed by atoms with Crippen molar-refractivity contribution in [1.29, 1.82) is 0 Å². The molecular formula is C17H25NO2. The number of carbonyl (C=O) groups is 1. The summed E-state index contributed by atoms with van der Waals surface area (Å²) < 4.78 is 5.54. The molecular weight excluding hydrogens is 250 g/mol. The molecule has 1 aliphatic heterocycles. The predicted molar refractivity (Wildman–Crippen MR) is 81.9 cm³/mol. The second-order valence-electron chi connectivity index (χ2n) is 5.66. The van der Waals surface area contributed by atoms with Crippen LogP contribution < -0.4 is 5.32 Å². The van der Waals surface area contributed by atoms with Crippen LogP contribution in [0.15, 0.2) is 24.3 Å². The molecule has 1 aromatic carbocycles. The number of hydrogen-bond donors (Lipinski definition) is 1. The monoisotopic (exact) mass is 275 g/mol. The van der Waals surface area contributed by atoms with E-state index in [0.29, 0.717) is 0 Å². The van der Waals surface area contributed by atoms with E-state index in [-0.39, 0.29) is 18.1 Å². The predicted octanol–water partition coefficient (Wildman–Crippen LogP) is 3.93. The molecule has 0 fully saturated rings. The average molecular weight is 275 g/mol. The van der Waals surface area contributed by atoms with Crippen LogP contribution in [-0.2, 0) is 16.0 Å². The lowest BCUT2D eigenvalue weighted by molar-refractivity contribution is -0.149. The largest absolute Gasteiger partial charge is 0.461 e. The van der Waals surface area contributed by atoms with Crippen molar-refractivity contribution in [3.05, 3.63) is 29.8 Å². The molecule has 20 heavy (non-hydrogen) atoms. The minimum Gasteiger partial charge on any atom is -0.461 e. The van der Waals surface area contributed by atoms with Crippen LogP contribution in [0.5, 0.6) is 0 Å². The minimum absolute atomic E-state index is 0.0184. The number of anilines is 1. The maximum atomic E-state index is 12.1. The first-order chi connectivity index (χ1) is 9.70. The molecule has 0 saturated carbocycles. The van der Waals surface area contributed by atoms with E-state index in [1.54, 1.807) is 0 Å². The maximum Gasteiger partial charge on any atom is 0.329 e. The van der Waals surface area contributed by atoms with Gasteiger partial charge in [0.25, 0.3) is 0 Å². The van der Waals surface area contributed by atoms with E-state index in [0.717, 1.165) is 24.9 Å². The number of esters is 1. The third kappa shape index (κ3) is 3.99. The lowest BCUT2D eigenvalue weighted by atomic mass is 10.1. The number of para-hydroxylation sites is 1. The van der Waals surface area contributed by atoms with Gasteiger partial charge in [0.2, 0.25) is 0 Å². The van der Waals surface area contributed by atoms with Gasteiger partial charge in [-0.05, 0) is 31.4 Å². The van der Waals surface area contributed by atoms with Gasteiger partial charge in [0, 0.05) is 12.1 Å². The molecule has 0 spiro atoms. The highest BCUT2D eigenvalue weighted by atomic mass is 16.5. The van der Waals surface area contributed by atoms with Crippen molar-refractivity contribution in [3.63, 3.8) is 0 Å². The van der Waals surface area contributed by atoms with E-state index in [1.807, 2.05) is 25.1 Å². The normalized spacial score (nSPS) is 18.2. The van der Waals surface area contributed by atoms with Gasteiger partial charge in [-0.2, -0.15) is 0 Å². The SMILES string of the molecule is CCCCCCC(C)OC(=O)C1Cc2ccccc2N1. The summed E-state index contributed by atoms with van der Waals surface area (Å²) in [4.78, 5) is 12.1. The van der Waals surface area contributed by atoms with Crippen molar-refractivity contribution >= 4 is 11.7 Å². The van der Waals surface area contributed by atoms with Crippen molar-refractivity contribution in [2.45, 2.75) is 64.5 Å². The molecule has 0 saturated heterocycles. The minimum atomic E-state index is -0.217. The molecule has 0 radical (unpaired) electrons. The van der Waals surface area contributed by atoms with Crippen LogP contribution in [-0.4, -0.2) is 18.1 Å². The van der Waals surface area contributed by atoms with Gasteiger partial charge in [-0.25, -0.2) is 4.79 Å². The Morgan fingerprint density at radius 3 is 2.90 bits per heavy atom. The molecule has 1 aliphatic rings. The zero-order valence-corrected chi connectivity index (χ0v) is 12.5. The summed E-state index contributed by atoms with van der Waals surface area (Å²) in [6.45, 7) is 4.19. The van der Waals surface area contributed by atoms with Gasteiger partial charge in [-0.15, -0.1) is 0 Å². The van der Waals surface area contributed by atoms with Crippen molar-refractivity contribution in [2.75, 3.05) is 5.32 Å². The molecule has 0 aromatic heterocycles. The Kier molecular flexibility index (Phi) is 5.45. The number of fused-ring (bicyclic) bond motifs is 1. The summed E-state index contributed by atoms with van der Waals surface area (Å²) in [5.74, 6) is -0.121. The number of hydrogen-bond acceptors (Lipinski definition) is 3. The number of rotatable bonds is 7. The third-order valence-electron chi connectivity index (χ3n) is 3.84. The van der Waals surface area contributed by atoms with Gasteiger partial charge < -0.3 is 10.1 Å². The Hall–Kier alpha value is -1.51. The number of benzene rings is 1. The Bertz CT molecular complexity index is 419. The van der Waals surface area contributed by atoms with Crippen molar-refractivity contribution in [3.8, 4) is 0 Å². The molecule has 1 N–H and O–H groups in total. The molecule has 0 bridgehead atoms. The maximum absolute atomic E-state index is 12.1. The first kappa shape index (κ1) is 14.9. The van der Waals surface area contributed by atoms with Crippen LogP contribution in [0, 0.1) is 0 Å². The van der Waals surface area contributed by atoms with E-state index in [4.69, 9.17) is 4.74 Å². The second-order valence-corrected chi connectivity index (χ2v) is 5.66. The third-order valence-corrected chi connectivity index (χ3v) is 3.84. The topological polar surface area (TPSA) is 38.3 Å². The van der Waals surface area contributed by atoms with Crippen molar-refractivity contribution < 1.29 is 9.53 Å². The van der Waals surface area contributed by atoms with Gasteiger partial charge in [0.05, 0.1) is 6.10 Å². The summed E-state index contributed by atoms with van der Waals surface area (Å²) in [5.41, 5.74) is 2.26. The van der Waals surface area contributed by atoms with Gasteiger partial charge >= 0.3 is 5.97 Å². The van der Waals surface area contributed by atoms with Gasteiger partial charge in [-0.1, -0.05) is 44.4 Å². The van der Waals surface area contributed by atoms with E-state index < -0.39 is 0 Å². The fourth-order valence-corrected chi connectivity index (χ4v) is 2.64. The fourth-order valence-electron chi connectivity index (χ4n) is 2.64. The summed E-state index contributed by atoms with van der Waals surface area (Å²) in [5, 5.41) is 3.24. The molecule has 2 atom stereocenters. The summed E-state index contributed by atoms with van der Waals surface area (Å²) in [7, 11) is 0. The Balaban J connectivity index is 1.73. The zero-order chi connectivity index (χ0) is 14.4. The number of nitrogens with one attached hydrogen (secondary N) is 1. The molecule has 1 heterocycles. The van der Waals surface area contributed by atoms with Gasteiger partial charge in [0.15, 0.2) is 0 Å². The highest BCUT2D eigenvalue weighted by molar-refractivity contribution is 5.82. The van der Waals surface area contributed by atoms with Crippen molar-refractivity contribution in [2.24, 2.45) is 0 Å². The van der Waals surface area contributed by atoms with E-state index in [9.17, 15) is 4.79 Å². The quantitative estimate of drug-likeness (QED) is 0.605. The molecule has 0 amide bonds. The number of carbonyl (C=O) groups excluding carboxylic acids is 1. The smallest absolute Gasteiger partial charge is 0.329 e. The summed E-state index contributed by atoms with van der Waals surface area (Å²) in [6.07, 6.45) is 6.58. The summed E-state index contributed by atoms with van der Waals surface area (Å²) in [6, 6.07) is 7.84. The zero-order valence-electron chi connectivity index (χ0n) is 12.5. The molecule has 110 valence electrons. The van der Waals surface area contributed by atoms with Crippen LogP contribution >= 0.6 is 0 Å². The van der Waals surface area contributed by atoms with Crippen LogP contribution in [0.3, 0.4) is 0 Å². The average Bonchev–Trinajstić information content (AvgIpc) is 2.87. The first-order valence-electron chi connectivity index (χ1n) is 7.75. The fraction of sp³-hybridized carbons (Fsp3) is 0.588. The van der Waals surface area contributed by atoms with E-state index >= 15 is 0 Å². The molecule has 3 nitrogen and oxygen atoms in total. The van der Waals surface area contributed by atoms with Crippen LogP contribution in [0.2, 0.25) is 0 Å². The highest BCUT2D eigenvalue weighted by Gasteiger charge is 2.28. The lowest BCUT2D eigenvalue weighted by Crippen LogP contribution is -2.31. The molecule has 0 aliphatic carbocycles. The second kappa shape index (κ2) is 7.32. The van der Waals surface area contributed by atoms with Gasteiger partial charge in [0.1, 0.15) is 6.04 Å². The number of ether oxygens (including phenoxy) is 1. The van der Waals surface area contributed by atoms with Crippen LogP contribution in [0.1, 0.15) is 51.5 Å². The standard InChI is InChI=1S/C17H25NO2/c1-3-4-5-6-9-13(2)20-17(19)16-12-14-10-7-8-11-15(14)18-16/h7-8,10-11,13,16,18H,3-6,9,12H2,1-2H3. The molecule has 3 heteroatoms. The number of unbranched alkanes of at least 4 members (excludes halogenated alkanes) is 3. The first-order valence-corrected chi connectivity index (χ1v) is 7.75. The lowest BCUT2D eigenvalue weighted by Gasteiger charge is -2.16. The van der Waals surface area contributed by atoms with E-state index in [2.05, 4.69) is 18.3 Å². The van der Waals surface area contributed by atoms with Gasteiger partial charge in [-0.3, -0.25) is 0 Å². The molecule has 2 unspecified atom stereocenters.